The molecule has 11 heavy (non-hydrogen) atoms. The van der Waals surface area contributed by atoms with Crippen molar-refractivity contribution in [3.05, 3.63) is 0 Å². The maximum Gasteiger partial charge on any atom is 0.188 e. The molecule has 1 N–H and O–H groups in total. The first-order valence-electron chi connectivity index (χ1n) is 3.71. The van der Waals surface area contributed by atoms with E-state index < -0.39 is 10.6 Å². The normalized spacial score (nSPS) is 42.8. The van der Waals surface area contributed by atoms with Crippen molar-refractivity contribution < 1.29 is 9.84 Å². The molecule has 0 aromatic carbocycles. The van der Waals surface area contributed by atoms with Gasteiger partial charge in [0.15, 0.2) is 10.6 Å². The molecule has 4 heteroatoms. The molecule has 0 amide bonds. The Morgan fingerprint density at radius 2 is 2.09 bits per heavy atom. The van der Waals surface area contributed by atoms with Gasteiger partial charge in [0.2, 0.25) is 0 Å². The Morgan fingerprint density at radius 1 is 1.55 bits per heavy atom. The van der Waals surface area contributed by atoms with Crippen LogP contribution in [-0.4, -0.2) is 21.8 Å². The lowest BCUT2D eigenvalue weighted by atomic mass is 10.0. The first kappa shape index (κ1) is 9.59. The highest BCUT2D eigenvalue weighted by atomic mass is 35.5. The minimum atomic E-state index is -1.14. The number of halogens is 2. The van der Waals surface area contributed by atoms with Gasteiger partial charge in [-0.2, -0.15) is 0 Å². The van der Waals surface area contributed by atoms with Gasteiger partial charge >= 0.3 is 0 Å². The molecule has 3 atom stereocenters. The number of rotatable bonds is 1. The van der Waals surface area contributed by atoms with Gasteiger partial charge in [0.25, 0.3) is 0 Å². The Bertz CT molecular complexity index is 149. The van der Waals surface area contributed by atoms with Crippen LogP contribution in [0.5, 0.6) is 0 Å². The van der Waals surface area contributed by atoms with Crippen LogP contribution in [0, 0.1) is 5.92 Å². The van der Waals surface area contributed by atoms with Crippen molar-refractivity contribution in [3.8, 4) is 0 Å². The number of aliphatic hydroxyl groups is 1. The van der Waals surface area contributed by atoms with Gasteiger partial charge in [0, 0.05) is 5.92 Å². The Balaban J connectivity index is 2.71. The van der Waals surface area contributed by atoms with Crippen LogP contribution in [-0.2, 0) is 4.74 Å². The first-order chi connectivity index (χ1) is 5.00. The molecule has 1 heterocycles. The summed E-state index contributed by atoms with van der Waals surface area (Å²) in [6.45, 7) is 3.85. The summed E-state index contributed by atoms with van der Waals surface area (Å²) < 4.78 is 3.99. The summed E-state index contributed by atoms with van der Waals surface area (Å²) in [7, 11) is 0. The smallest absolute Gasteiger partial charge is 0.188 e. The summed E-state index contributed by atoms with van der Waals surface area (Å²) in [5.41, 5.74) is 0. The molecule has 0 aromatic heterocycles. The maximum absolute atomic E-state index is 9.24. The highest BCUT2D eigenvalue weighted by Crippen LogP contribution is 2.44. The molecule has 0 bridgehead atoms. The van der Waals surface area contributed by atoms with E-state index >= 15 is 0 Å². The second-order valence-corrected chi connectivity index (χ2v) is 4.34. The van der Waals surface area contributed by atoms with E-state index in [9.17, 15) is 5.11 Å². The summed E-state index contributed by atoms with van der Waals surface area (Å²) in [4.78, 5) is 0. The summed E-state index contributed by atoms with van der Waals surface area (Å²) >= 11 is 11.7. The summed E-state index contributed by atoms with van der Waals surface area (Å²) in [6, 6.07) is 0. The Kier molecular flexibility index (Phi) is 2.70. The minimum Gasteiger partial charge on any atom is -0.365 e. The van der Waals surface area contributed by atoms with Gasteiger partial charge in [-0.05, 0) is 6.42 Å². The highest BCUT2D eigenvalue weighted by Gasteiger charge is 2.51. The van der Waals surface area contributed by atoms with E-state index in [1.54, 1.807) is 0 Å². The van der Waals surface area contributed by atoms with Crippen molar-refractivity contribution >= 4 is 23.2 Å². The van der Waals surface area contributed by atoms with Gasteiger partial charge < -0.3 is 9.84 Å². The lowest BCUT2D eigenvalue weighted by Gasteiger charge is -2.19. The van der Waals surface area contributed by atoms with Gasteiger partial charge in [-0.3, -0.25) is 0 Å². The molecule has 1 fully saturated rings. The maximum atomic E-state index is 9.24. The monoisotopic (exact) mass is 198 g/mol. The van der Waals surface area contributed by atoms with E-state index in [4.69, 9.17) is 27.9 Å². The minimum absolute atomic E-state index is 0.0224. The molecule has 0 aliphatic carbocycles. The van der Waals surface area contributed by atoms with E-state index in [0.29, 0.717) is 0 Å². The molecule has 0 unspecified atom stereocenters. The molecule has 0 saturated carbocycles. The number of hydrogen-bond acceptors (Lipinski definition) is 2. The van der Waals surface area contributed by atoms with Gasteiger partial charge in [-0.15, -0.1) is 0 Å². The van der Waals surface area contributed by atoms with Gasteiger partial charge in [-0.1, -0.05) is 37.0 Å². The Labute approximate surface area is 76.4 Å². The first-order valence-corrected chi connectivity index (χ1v) is 4.47. The summed E-state index contributed by atoms with van der Waals surface area (Å²) in [6.07, 6.45) is -0.259. The van der Waals surface area contributed by atoms with Crippen LogP contribution in [0.3, 0.4) is 0 Å². The second kappa shape index (κ2) is 3.09. The van der Waals surface area contributed by atoms with E-state index in [0.717, 1.165) is 6.42 Å². The van der Waals surface area contributed by atoms with Crippen LogP contribution >= 0.6 is 23.2 Å². The van der Waals surface area contributed by atoms with Crippen molar-refractivity contribution in [2.45, 2.75) is 37.0 Å². The Hall–Kier alpha value is 0.500. The molecule has 0 aromatic rings. The van der Waals surface area contributed by atoms with E-state index in [1.807, 2.05) is 13.8 Å². The predicted molar refractivity (Wildman–Crippen MR) is 44.8 cm³/mol. The van der Waals surface area contributed by atoms with Crippen LogP contribution in [0.1, 0.15) is 20.3 Å². The summed E-state index contributed by atoms with van der Waals surface area (Å²) in [5.74, 6) is -0.0224. The topological polar surface area (TPSA) is 29.5 Å². The predicted octanol–water partition coefficient (Wildman–Crippen LogP) is 1.92. The van der Waals surface area contributed by atoms with Crippen molar-refractivity contribution in [2.24, 2.45) is 5.92 Å². The molecule has 1 saturated heterocycles. The van der Waals surface area contributed by atoms with Crippen molar-refractivity contribution in [1.29, 1.82) is 0 Å². The molecule has 0 radical (unpaired) electrons. The summed E-state index contributed by atoms with van der Waals surface area (Å²) in [5, 5.41) is 9.24. The average molecular weight is 199 g/mol. The molecule has 1 aliphatic heterocycles. The zero-order chi connectivity index (χ0) is 8.65. The van der Waals surface area contributed by atoms with E-state index in [2.05, 4.69) is 0 Å². The van der Waals surface area contributed by atoms with Gasteiger partial charge in [0.05, 0.1) is 6.10 Å². The largest absolute Gasteiger partial charge is 0.365 e. The van der Waals surface area contributed by atoms with E-state index in [-0.39, 0.29) is 12.0 Å². The fraction of sp³-hybridized carbons (Fsp3) is 1.00. The molecule has 1 aliphatic rings. The van der Waals surface area contributed by atoms with Crippen LogP contribution in [0.4, 0.5) is 0 Å². The van der Waals surface area contributed by atoms with E-state index in [1.165, 1.54) is 0 Å². The molecule has 66 valence electrons. The third kappa shape index (κ3) is 1.50. The number of aliphatic hydroxyl groups excluding tert-OH is 1. The zero-order valence-corrected chi connectivity index (χ0v) is 8.06. The average Bonchev–Trinajstić information content (AvgIpc) is 2.14. The lowest BCUT2D eigenvalue weighted by Crippen LogP contribution is -2.30. The molecule has 2 nitrogen and oxygen atoms in total. The lowest BCUT2D eigenvalue weighted by molar-refractivity contribution is -0.0947. The van der Waals surface area contributed by atoms with Crippen LogP contribution in [0.2, 0.25) is 0 Å². The van der Waals surface area contributed by atoms with Gasteiger partial charge in [0.1, 0.15) is 0 Å². The third-order valence-electron chi connectivity index (χ3n) is 2.20. The molecule has 0 spiro atoms. The standard InChI is InChI=1S/C7H12Cl2O2/c1-3-5-4(2)7(8,9)6(10)11-5/h4-6,10H,3H2,1-2H3/t4-,5-,6-/m1/s1. The fourth-order valence-corrected chi connectivity index (χ4v) is 1.68. The van der Waals surface area contributed by atoms with Crippen molar-refractivity contribution in [1.82, 2.24) is 0 Å². The van der Waals surface area contributed by atoms with Crippen molar-refractivity contribution in [3.63, 3.8) is 0 Å². The van der Waals surface area contributed by atoms with Crippen LogP contribution in [0.25, 0.3) is 0 Å². The van der Waals surface area contributed by atoms with Crippen LogP contribution < -0.4 is 0 Å². The molecule has 1 rings (SSSR count). The third-order valence-corrected chi connectivity index (χ3v) is 3.26. The number of hydrogen-bond donors (Lipinski definition) is 1. The highest BCUT2D eigenvalue weighted by molar-refractivity contribution is 6.49. The van der Waals surface area contributed by atoms with Crippen LogP contribution in [0.15, 0.2) is 0 Å². The van der Waals surface area contributed by atoms with Gasteiger partial charge in [-0.25, -0.2) is 0 Å². The van der Waals surface area contributed by atoms with Crippen molar-refractivity contribution in [2.75, 3.05) is 0 Å². The number of ether oxygens (including phenoxy) is 1. The zero-order valence-electron chi connectivity index (χ0n) is 6.55. The quantitative estimate of drug-likeness (QED) is 0.653. The molecular formula is C7H12Cl2O2. The second-order valence-electron chi connectivity index (χ2n) is 2.90. The number of alkyl halides is 2. The Morgan fingerprint density at radius 3 is 2.27 bits per heavy atom. The molecular weight excluding hydrogens is 187 g/mol. The SMILES string of the molecule is CC[C@H]1O[C@@H](O)C(Cl)(Cl)[C@@H]1C. The fourth-order valence-electron chi connectivity index (χ4n) is 1.30.